The van der Waals surface area contributed by atoms with Gasteiger partial charge >= 0.3 is 0 Å². The summed E-state index contributed by atoms with van der Waals surface area (Å²) in [5, 5.41) is 3.54. The van der Waals surface area contributed by atoms with Crippen LogP contribution in [0.1, 0.15) is 53.4 Å². The van der Waals surface area contributed by atoms with E-state index in [1.54, 1.807) is 0 Å². The molecule has 0 aliphatic rings. The maximum Gasteiger partial charge on any atom is 0.119 e. The minimum atomic E-state index is 0.522. The van der Waals surface area contributed by atoms with Crippen molar-refractivity contribution in [3.05, 3.63) is 24.3 Å². The molecule has 0 aliphatic carbocycles. The van der Waals surface area contributed by atoms with Crippen LogP contribution in [0, 0.1) is 5.92 Å². The van der Waals surface area contributed by atoms with Crippen LogP contribution in [-0.2, 0) is 0 Å². The van der Waals surface area contributed by atoms with Gasteiger partial charge in [-0.05, 0) is 56.4 Å². The summed E-state index contributed by atoms with van der Waals surface area (Å²) in [4.78, 5) is 0. The van der Waals surface area contributed by atoms with Crippen molar-refractivity contribution in [2.24, 2.45) is 5.92 Å². The van der Waals surface area contributed by atoms with Crippen molar-refractivity contribution < 1.29 is 4.74 Å². The standard InChI is InChI=1S/C17H29NO/c1-5-6-13-19-17-11-9-16(10-12-17)18-15(4)8-7-14(2)3/h9-12,14-15,18H,5-8,13H2,1-4H3. The minimum absolute atomic E-state index is 0.522. The topological polar surface area (TPSA) is 21.3 Å². The number of unbranched alkanes of at least 4 members (excludes halogenated alkanes) is 1. The monoisotopic (exact) mass is 263 g/mol. The first-order valence-corrected chi connectivity index (χ1v) is 7.61. The summed E-state index contributed by atoms with van der Waals surface area (Å²) in [5.41, 5.74) is 1.18. The van der Waals surface area contributed by atoms with Crippen LogP contribution in [0.5, 0.6) is 5.75 Å². The lowest BCUT2D eigenvalue weighted by atomic mass is 10.0. The fraction of sp³-hybridized carbons (Fsp3) is 0.647. The number of benzene rings is 1. The molecular formula is C17H29NO. The molecule has 0 fully saturated rings. The van der Waals surface area contributed by atoms with Crippen molar-refractivity contribution >= 4 is 5.69 Å². The molecule has 108 valence electrons. The highest BCUT2D eigenvalue weighted by Gasteiger charge is 2.04. The average molecular weight is 263 g/mol. The molecule has 1 rings (SSSR count). The van der Waals surface area contributed by atoms with Crippen molar-refractivity contribution in [3.8, 4) is 5.75 Å². The van der Waals surface area contributed by atoms with Gasteiger partial charge in [-0.1, -0.05) is 27.2 Å². The number of rotatable bonds is 9. The van der Waals surface area contributed by atoms with E-state index in [9.17, 15) is 0 Å². The number of nitrogens with one attached hydrogen (secondary N) is 1. The summed E-state index contributed by atoms with van der Waals surface area (Å²) >= 11 is 0. The molecule has 1 unspecified atom stereocenters. The molecule has 0 aromatic heterocycles. The molecule has 1 atom stereocenters. The summed E-state index contributed by atoms with van der Waals surface area (Å²) in [6.45, 7) is 9.78. The summed E-state index contributed by atoms with van der Waals surface area (Å²) in [6.07, 6.45) is 4.78. The number of anilines is 1. The second-order valence-corrected chi connectivity index (χ2v) is 5.74. The van der Waals surface area contributed by atoms with Crippen LogP contribution < -0.4 is 10.1 Å². The largest absolute Gasteiger partial charge is 0.494 e. The lowest BCUT2D eigenvalue weighted by molar-refractivity contribution is 0.309. The lowest BCUT2D eigenvalue weighted by Crippen LogP contribution is -2.15. The van der Waals surface area contributed by atoms with E-state index in [4.69, 9.17) is 4.74 Å². The van der Waals surface area contributed by atoms with Gasteiger partial charge in [-0.3, -0.25) is 0 Å². The fourth-order valence-corrected chi connectivity index (χ4v) is 1.92. The summed E-state index contributed by atoms with van der Waals surface area (Å²) in [7, 11) is 0. The zero-order chi connectivity index (χ0) is 14.1. The Morgan fingerprint density at radius 3 is 2.32 bits per heavy atom. The van der Waals surface area contributed by atoms with Gasteiger partial charge in [-0.25, -0.2) is 0 Å². The molecule has 0 heterocycles. The molecule has 0 spiro atoms. The van der Waals surface area contributed by atoms with Crippen LogP contribution in [0.4, 0.5) is 5.69 Å². The molecule has 0 bridgehead atoms. The Balaban J connectivity index is 2.34. The van der Waals surface area contributed by atoms with Crippen molar-refractivity contribution in [1.82, 2.24) is 0 Å². The Bertz CT molecular complexity index is 332. The molecule has 1 aromatic carbocycles. The van der Waals surface area contributed by atoms with Crippen LogP contribution in [0.3, 0.4) is 0 Å². The van der Waals surface area contributed by atoms with Crippen LogP contribution in [0.25, 0.3) is 0 Å². The normalized spacial score (nSPS) is 12.5. The Hall–Kier alpha value is -1.18. The third-order valence-electron chi connectivity index (χ3n) is 3.21. The van der Waals surface area contributed by atoms with Crippen molar-refractivity contribution in [2.75, 3.05) is 11.9 Å². The Morgan fingerprint density at radius 1 is 1.05 bits per heavy atom. The Morgan fingerprint density at radius 2 is 1.74 bits per heavy atom. The molecule has 19 heavy (non-hydrogen) atoms. The maximum atomic E-state index is 5.66. The highest BCUT2D eigenvalue weighted by atomic mass is 16.5. The number of hydrogen-bond donors (Lipinski definition) is 1. The highest BCUT2D eigenvalue weighted by Crippen LogP contribution is 2.18. The van der Waals surface area contributed by atoms with E-state index in [0.717, 1.165) is 24.7 Å². The number of ether oxygens (including phenoxy) is 1. The van der Waals surface area contributed by atoms with E-state index in [1.165, 1.54) is 24.9 Å². The van der Waals surface area contributed by atoms with E-state index < -0.39 is 0 Å². The predicted molar refractivity (Wildman–Crippen MR) is 84.0 cm³/mol. The van der Waals surface area contributed by atoms with Crippen molar-refractivity contribution in [1.29, 1.82) is 0 Å². The predicted octanol–water partition coefficient (Wildman–Crippen LogP) is 5.10. The molecule has 2 heteroatoms. The van der Waals surface area contributed by atoms with Crippen LogP contribution in [-0.4, -0.2) is 12.6 Å². The molecule has 1 aromatic rings. The van der Waals surface area contributed by atoms with E-state index in [-0.39, 0.29) is 0 Å². The van der Waals surface area contributed by atoms with Crippen LogP contribution in [0.2, 0.25) is 0 Å². The van der Waals surface area contributed by atoms with E-state index in [1.807, 2.05) is 12.1 Å². The highest BCUT2D eigenvalue weighted by molar-refractivity contribution is 5.46. The molecule has 0 aliphatic heterocycles. The van der Waals surface area contributed by atoms with Gasteiger partial charge in [0.05, 0.1) is 6.61 Å². The zero-order valence-electron chi connectivity index (χ0n) is 12.9. The Kier molecular flexibility index (Phi) is 7.39. The van der Waals surface area contributed by atoms with E-state index >= 15 is 0 Å². The van der Waals surface area contributed by atoms with Crippen molar-refractivity contribution in [2.45, 2.75) is 59.4 Å². The summed E-state index contributed by atoms with van der Waals surface area (Å²) in [6, 6.07) is 8.83. The first-order valence-electron chi connectivity index (χ1n) is 7.61. The average Bonchev–Trinajstić information content (AvgIpc) is 2.39. The first-order chi connectivity index (χ1) is 9.11. The van der Waals surface area contributed by atoms with Crippen molar-refractivity contribution in [3.63, 3.8) is 0 Å². The van der Waals surface area contributed by atoms with Crippen LogP contribution >= 0.6 is 0 Å². The zero-order valence-corrected chi connectivity index (χ0v) is 12.9. The molecule has 0 amide bonds. The lowest BCUT2D eigenvalue weighted by Gasteiger charge is -2.16. The molecule has 2 nitrogen and oxygen atoms in total. The summed E-state index contributed by atoms with van der Waals surface area (Å²) < 4.78 is 5.66. The first kappa shape index (κ1) is 15.9. The Labute approximate surface area is 118 Å². The minimum Gasteiger partial charge on any atom is -0.494 e. The number of hydrogen-bond acceptors (Lipinski definition) is 2. The van der Waals surface area contributed by atoms with Gasteiger partial charge in [-0.2, -0.15) is 0 Å². The second kappa shape index (κ2) is 8.84. The van der Waals surface area contributed by atoms with E-state index in [0.29, 0.717) is 6.04 Å². The van der Waals surface area contributed by atoms with Gasteiger partial charge in [0.1, 0.15) is 5.75 Å². The van der Waals surface area contributed by atoms with Gasteiger partial charge in [0.15, 0.2) is 0 Å². The summed E-state index contributed by atoms with van der Waals surface area (Å²) in [5.74, 6) is 1.74. The maximum absolute atomic E-state index is 5.66. The van der Waals surface area contributed by atoms with Gasteiger partial charge < -0.3 is 10.1 Å². The van der Waals surface area contributed by atoms with Gasteiger partial charge in [-0.15, -0.1) is 0 Å². The quantitative estimate of drug-likeness (QED) is 0.626. The third-order valence-corrected chi connectivity index (χ3v) is 3.21. The molecule has 1 N–H and O–H groups in total. The second-order valence-electron chi connectivity index (χ2n) is 5.74. The van der Waals surface area contributed by atoms with Crippen LogP contribution in [0.15, 0.2) is 24.3 Å². The molecular weight excluding hydrogens is 234 g/mol. The molecule has 0 saturated heterocycles. The fourth-order valence-electron chi connectivity index (χ4n) is 1.92. The van der Waals surface area contributed by atoms with Gasteiger partial charge in [0, 0.05) is 11.7 Å². The van der Waals surface area contributed by atoms with E-state index in [2.05, 4.69) is 45.1 Å². The van der Waals surface area contributed by atoms with Gasteiger partial charge in [0.25, 0.3) is 0 Å². The molecule has 0 saturated carbocycles. The SMILES string of the molecule is CCCCOc1ccc(NC(C)CCC(C)C)cc1. The third kappa shape index (κ3) is 7.09. The van der Waals surface area contributed by atoms with Gasteiger partial charge in [0.2, 0.25) is 0 Å². The molecule has 0 radical (unpaired) electrons. The smallest absolute Gasteiger partial charge is 0.119 e.